The second-order valence-electron chi connectivity index (χ2n) is 7.77. The first-order chi connectivity index (χ1) is 14.2. The van der Waals surface area contributed by atoms with E-state index in [-0.39, 0.29) is 30.2 Å². The average Bonchev–Trinajstić information content (AvgIpc) is 2.65. The average molecular weight is 421 g/mol. The highest BCUT2D eigenvalue weighted by molar-refractivity contribution is 6.02. The zero-order valence-corrected chi connectivity index (χ0v) is 16.9. The van der Waals surface area contributed by atoms with Gasteiger partial charge in [-0.3, -0.25) is 4.79 Å². The lowest BCUT2D eigenvalue weighted by atomic mass is 9.82. The predicted octanol–water partition coefficient (Wildman–Crippen LogP) is 2.88. The Morgan fingerprint density at radius 1 is 1.17 bits per heavy atom. The van der Waals surface area contributed by atoms with Crippen LogP contribution in [0, 0.1) is 30.3 Å². The zero-order chi connectivity index (χ0) is 21.6. The van der Waals surface area contributed by atoms with Crippen molar-refractivity contribution < 1.29 is 22.7 Å². The summed E-state index contributed by atoms with van der Waals surface area (Å²) >= 11 is 0. The highest BCUT2D eigenvalue weighted by Crippen LogP contribution is 2.35. The van der Waals surface area contributed by atoms with Gasteiger partial charge >= 0.3 is 0 Å². The Hall–Kier alpha value is -3.04. The van der Waals surface area contributed by atoms with Gasteiger partial charge in [-0.2, -0.15) is 4.98 Å². The van der Waals surface area contributed by atoms with Crippen molar-refractivity contribution in [3.8, 4) is 5.75 Å². The SMILES string of the molecule is Cc1nc(NC[C@H]2C[C@@H](Oc3cc(F)c(F)c(F)c3)C2)nc2c1N(C)C(=O)CN2C. The van der Waals surface area contributed by atoms with Crippen molar-refractivity contribution in [2.75, 3.05) is 42.3 Å². The summed E-state index contributed by atoms with van der Waals surface area (Å²) in [7, 11) is 3.53. The molecule has 0 radical (unpaired) electrons. The van der Waals surface area contributed by atoms with Crippen molar-refractivity contribution in [1.82, 2.24) is 9.97 Å². The molecule has 1 aliphatic heterocycles. The monoisotopic (exact) mass is 421 g/mol. The summed E-state index contributed by atoms with van der Waals surface area (Å²) in [5.41, 5.74) is 1.41. The number of carbonyl (C=O) groups is 1. The lowest BCUT2D eigenvalue weighted by Crippen LogP contribution is -2.43. The molecule has 2 heterocycles. The van der Waals surface area contributed by atoms with Gasteiger partial charge in [0.25, 0.3) is 0 Å². The van der Waals surface area contributed by atoms with Crippen LogP contribution in [0.1, 0.15) is 18.5 Å². The Bertz CT molecular complexity index is 974. The summed E-state index contributed by atoms with van der Waals surface area (Å²) < 4.78 is 45.1. The number of rotatable bonds is 5. The van der Waals surface area contributed by atoms with Crippen LogP contribution in [0.15, 0.2) is 12.1 Å². The zero-order valence-electron chi connectivity index (χ0n) is 16.9. The number of aromatic nitrogens is 2. The van der Waals surface area contributed by atoms with E-state index in [1.165, 1.54) is 0 Å². The number of aryl methyl sites for hydroxylation is 1. The maximum atomic E-state index is 13.3. The van der Waals surface area contributed by atoms with E-state index in [1.807, 2.05) is 14.0 Å². The second kappa shape index (κ2) is 7.66. The summed E-state index contributed by atoms with van der Waals surface area (Å²) in [5, 5.41) is 3.22. The Morgan fingerprint density at radius 2 is 1.83 bits per heavy atom. The Kier molecular flexibility index (Phi) is 5.17. The topological polar surface area (TPSA) is 70.6 Å². The summed E-state index contributed by atoms with van der Waals surface area (Å²) in [6, 6.07) is 1.71. The van der Waals surface area contributed by atoms with Crippen molar-refractivity contribution in [1.29, 1.82) is 0 Å². The van der Waals surface area contributed by atoms with Crippen molar-refractivity contribution in [3.63, 3.8) is 0 Å². The number of fused-ring (bicyclic) bond motifs is 1. The van der Waals surface area contributed by atoms with Crippen LogP contribution in [-0.2, 0) is 4.79 Å². The van der Waals surface area contributed by atoms with Crippen molar-refractivity contribution in [2.45, 2.75) is 25.9 Å². The van der Waals surface area contributed by atoms with Gasteiger partial charge in [0.1, 0.15) is 11.4 Å². The Labute approximate surface area is 171 Å². The van der Waals surface area contributed by atoms with Crippen LogP contribution in [-0.4, -0.2) is 49.2 Å². The molecule has 1 saturated carbocycles. The molecule has 1 aromatic carbocycles. The van der Waals surface area contributed by atoms with Gasteiger partial charge in [-0.05, 0) is 25.7 Å². The molecule has 7 nitrogen and oxygen atoms in total. The van der Waals surface area contributed by atoms with Crippen LogP contribution in [0.2, 0.25) is 0 Å². The number of hydrogen-bond acceptors (Lipinski definition) is 6. The number of amides is 1. The first kappa shape index (κ1) is 20.2. The van der Waals surface area contributed by atoms with E-state index >= 15 is 0 Å². The van der Waals surface area contributed by atoms with Crippen molar-refractivity contribution >= 4 is 23.4 Å². The minimum absolute atomic E-state index is 0.0150. The number of benzene rings is 1. The largest absolute Gasteiger partial charge is 0.490 e. The third-order valence-corrected chi connectivity index (χ3v) is 5.48. The van der Waals surface area contributed by atoms with E-state index in [4.69, 9.17) is 4.74 Å². The molecule has 10 heteroatoms. The lowest BCUT2D eigenvalue weighted by molar-refractivity contribution is -0.117. The third kappa shape index (κ3) is 3.73. The molecular weight excluding hydrogens is 399 g/mol. The first-order valence-electron chi connectivity index (χ1n) is 9.64. The number of nitrogens with one attached hydrogen (secondary N) is 1. The van der Waals surface area contributed by atoms with E-state index in [2.05, 4.69) is 15.3 Å². The minimum atomic E-state index is -1.50. The highest BCUT2D eigenvalue weighted by Gasteiger charge is 2.32. The molecule has 0 spiro atoms. The smallest absolute Gasteiger partial charge is 0.246 e. The third-order valence-electron chi connectivity index (χ3n) is 5.48. The Morgan fingerprint density at radius 3 is 2.50 bits per heavy atom. The summed E-state index contributed by atoms with van der Waals surface area (Å²) in [6.07, 6.45) is 1.20. The van der Waals surface area contributed by atoms with Gasteiger partial charge in [0.05, 0.1) is 18.3 Å². The van der Waals surface area contributed by atoms with Gasteiger partial charge in [0, 0.05) is 32.8 Å². The van der Waals surface area contributed by atoms with Crippen LogP contribution < -0.4 is 19.9 Å². The lowest BCUT2D eigenvalue weighted by Gasteiger charge is -2.36. The molecule has 2 aromatic rings. The molecule has 0 bridgehead atoms. The van der Waals surface area contributed by atoms with Gasteiger partial charge in [-0.25, -0.2) is 18.2 Å². The molecule has 0 saturated heterocycles. The molecule has 1 amide bonds. The van der Waals surface area contributed by atoms with Crippen molar-refractivity contribution in [2.24, 2.45) is 5.92 Å². The van der Waals surface area contributed by atoms with Gasteiger partial charge in [0.15, 0.2) is 23.3 Å². The van der Waals surface area contributed by atoms with Gasteiger partial charge in [-0.1, -0.05) is 0 Å². The van der Waals surface area contributed by atoms with Crippen LogP contribution in [0.3, 0.4) is 0 Å². The van der Waals surface area contributed by atoms with Crippen molar-refractivity contribution in [3.05, 3.63) is 35.3 Å². The molecule has 2 aliphatic rings. The number of hydrogen-bond donors (Lipinski definition) is 1. The molecule has 0 unspecified atom stereocenters. The quantitative estimate of drug-likeness (QED) is 0.749. The molecule has 1 N–H and O–H groups in total. The molecule has 0 atom stereocenters. The fourth-order valence-corrected chi connectivity index (χ4v) is 3.76. The molecule has 30 heavy (non-hydrogen) atoms. The predicted molar refractivity (Wildman–Crippen MR) is 105 cm³/mol. The molecule has 1 aromatic heterocycles. The summed E-state index contributed by atoms with van der Waals surface area (Å²) in [4.78, 5) is 24.4. The van der Waals surface area contributed by atoms with E-state index in [9.17, 15) is 18.0 Å². The van der Waals surface area contributed by atoms with E-state index in [1.54, 1.807) is 16.8 Å². The maximum Gasteiger partial charge on any atom is 0.246 e. The fraction of sp³-hybridized carbons (Fsp3) is 0.450. The number of carbonyl (C=O) groups excluding carboxylic acids is 1. The van der Waals surface area contributed by atoms with Gasteiger partial charge in [0.2, 0.25) is 11.9 Å². The van der Waals surface area contributed by atoms with Gasteiger partial charge < -0.3 is 19.9 Å². The van der Waals surface area contributed by atoms with Crippen LogP contribution >= 0.6 is 0 Å². The minimum Gasteiger partial charge on any atom is -0.490 e. The van der Waals surface area contributed by atoms with Crippen LogP contribution in [0.5, 0.6) is 5.75 Å². The molecule has 160 valence electrons. The van der Waals surface area contributed by atoms with E-state index in [0.29, 0.717) is 42.5 Å². The van der Waals surface area contributed by atoms with Crippen LogP contribution in [0.4, 0.5) is 30.6 Å². The van der Waals surface area contributed by atoms with Crippen LogP contribution in [0.25, 0.3) is 0 Å². The molecule has 1 fully saturated rings. The summed E-state index contributed by atoms with van der Waals surface area (Å²) in [5.74, 6) is -2.60. The fourth-order valence-electron chi connectivity index (χ4n) is 3.76. The molecular formula is C20H22F3N5O2. The number of anilines is 3. The van der Waals surface area contributed by atoms with E-state index in [0.717, 1.165) is 12.1 Å². The molecule has 1 aliphatic carbocycles. The molecule has 4 rings (SSSR count). The Balaban J connectivity index is 1.33. The number of ether oxygens (including phenoxy) is 1. The number of likely N-dealkylation sites (N-methyl/N-ethyl adjacent to an activating group) is 2. The standard InChI is InChI=1S/C20H22F3N5O2/c1-10-18-19(27(2)9-16(29)28(18)3)26-20(25-10)24-8-11-4-12(5-11)30-13-6-14(21)17(23)15(22)7-13/h6-7,11-12H,4-5,8-9H2,1-3H3,(H,24,25,26)/t11-,12+. The second-order valence-corrected chi connectivity index (χ2v) is 7.77. The number of halogens is 3. The summed E-state index contributed by atoms with van der Waals surface area (Å²) in [6.45, 7) is 2.71. The normalized spacial score (nSPS) is 20.7. The maximum absolute atomic E-state index is 13.3. The highest BCUT2D eigenvalue weighted by atomic mass is 19.2. The van der Waals surface area contributed by atoms with E-state index < -0.39 is 17.5 Å². The first-order valence-corrected chi connectivity index (χ1v) is 9.64. The number of nitrogens with zero attached hydrogens (tertiary/aromatic N) is 4. The van der Waals surface area contributed by atoms with Gasteiger partial charge in [-0.15, -0.1) is 0 Å².